The molecule has 0 aromatic rings. The molecule has 1 heterocycles. The molecular formula is C12H26N2O2S2. The summed E-state index contributed by atoms with van der Waals surface area (Å²) in [7, 11) is -3.06. The molecule has 0 radical (unpaired) electrons. The minimum absolute atomic E-state index is 0.0474. The van der Waals surface area contributed by atoms with Crippen molar-refractivity contribution in [3.8, 4) is 0 Å². The second-order valence-electron chi connectivity index (χ2n) is 5.36. The number of rotatable bonds is 7. The second kappa shape index (κ2) is 7.12. The van der Waals surface area contributed by atoms with Gasteiger partial charge >= 0.3 is 0 Å². The van der Waals surface area contributed by atoms with E-state index in [1.54, 1.807) is 4.31 Å². The molecule has 0 amide bonds. The third-order valence-electron chi connectivity index (χ3n) is 2.97. The van der Waals surface area contributed by atoms with Crippen LogP contribution in [-0.4, -0.2) is 55.2 Å². The van der Waals surface area contributed by atoms with Gasteiger partial charge in [0, 0.05) is 23.6 Å². The maximum absolute atomic E-state index is 12.2. The quantitative estimate of drug-likeness (QED) is 0.724. The first-order valence-corrected chi connectivity index (χ1v) is 9.29. The van der Waals surface area contributed by atoms with Crippen LogP contribution >= 0.6 is 11.8 Å². The van der Waals surface area contributed by atoms with E-state index >= 15 is 0 Å². The summed E-state index contributed by atoms with van der Waals surface area (Å²) in [4.78, 5) is 0. The van der Waals surface area contributed by atoms with E-state index in [0.29, 0.717) is 19.5 Å². The highest BCUT2D eigenvalue weighted by Crippen LogP contribution is 2.30. The zero-order valence-corrected chi connectivity index (χ0v) is 13.4. The normalized spacial score (nSPS) is 21.1. The molecule has 1 saturated heterocycles. The highest BCUT2D eigenvalue weighted by atomic mass is 32.2. The highest BCUT2D eigenvalue weighted by Gasteiger charge is 2.33. The molecule has 0 aliphatic carbocycles. The highest BCUT2D eigenvalue weighted by molar-refractivity contribution is 8.00. The molecule has 6 heteroatoms. The van der Waals surface area contributed by atoms with Gasteiger partial charge in [0.2, 0.25) is 10.0 Å². The number of hydrogen-bond acceptors (Lipinski definition) is 4. The summed E-state index contributed by atoms with van der Waals surface area (Å²) < 4.78 is 26.1. The van der Waals surface area contributed by atoms with Crippen molar-refractivity contribution in [3.05, 3.63) is 0 Å². The summed E-state index contributed by atoms with van der Waals surface area (Å²) in [6, 6.07) is 0. The molecule has 1 fully saturated rings. The van der Waals surface area contributed by atoms with Gasteiger partial charge in [0.15, 0.2) is 0 Å². The Kier molecular flexibility index (Phi) is 6.44. The monoisotopic (exact) mass is 294 g/mol. The first-order chi connectivity index (χ1) is 8.37. The molecule has 0 spiro atoms. The Bertz CT molecular complexity index is 342. The van der Waals surface area contributed by atoms with Gasteiger partial charge in [0.1, 0.15) is 0 Å². The van der Waals surface area contributed by atoms with Crippen LogP contribution in [0.5, 0.6) is 0 Å². The Morgan fingerprint density at radius 3 is 2.67 bits per heavy atom. The average molecular weight is 294 g/mol. The van der Waals surface area contributed by atoms with Crippen molar-refractivity contribution < 1.29 is 8.42 Å². The number of thioether (sulfide) groups is 1. The average Bonchev–Trinajstić information content (AvgIpc) is 2.27. The molecule has 0 saturated carbocycles. The smallest absolute Gasteiger partial charge is 0.214 e. The first-order valence-electron chi connectivity index (χ1n) is 6.70. The van der Waals surface area contributed by atoms with Crippen LogP contribution in [0.4, 0.5) is 0 Å². The van der Waals surface area contributed by atoms with E-state index in [2.05, 4.69) is 26.1 Å². The fraction of sp³-hybridized carbons (Fsp3) is 1.00. The molecule has 0 unspecified atom stereocenters. The van der Waals surface area contributed by atoms with E-state index in [9.17, 15) is 8.42 Å². The van der Waals surface area contributed by atoms with Crippen LogP contribution in [-0.2, 0) is 10.0 Å². The lowest BCUT2D eigenvalue weighted by Crippen LogP contribution is -2.47. The maximum Gasteiger partial charge on any atom is 0.214 e. The third-order valence-corrected chi connectivity index (χ3v) is 6.17. The fourth-order valence-electron chi connectivity index (χ4n) is 2.02. The SMILES string of the molecule is CCCNCCCS(=O)(=O)N1CCSC(C)(C)C1. The molecule has 1 rings (SSSR count). The first kappa shape index (κ1) is 16.3. The predicted octanol–water partition coefficient (Wildman–Crippen LogP) is 1.53. The minimum atomic E-state index is -3.06. The van der Waals surface area contributed by atoms with Crippen LogP contribution in [0, 0.1) is 0 Å². The van der Waals surface area contributed by atoms with E-state index in [4.69, 9.17) is 0 Å². The number of sulfonamides is 1. The number of nitrogens with zero attached hydrogens (tertiary/aromatic N) is 1. The van der Waals surface area contributed by atoms with E-state index < -0.39 is 10.0 Å². The largest absolute Gasteiger partial charge is 0.317 e. The van der Waals surface area contributed by atoms with E-state index in [1.807, 2.05) is 11.8 Å². The van der Waals surface area contributed by atoms with Gasteiger partial charge in [0.05, 0.1) is 5.75 Å². The second-order valence-corrected chi connectivity index (χ2v) is 9.25. The molecule has 0 aromatic heterocycles. The van der Waals surface area contributed by atoms with Crippen LogP contribution in [0.25, 0.3) is 0 Å². The minimum Gasteiger partial charge on any atom is -0.317 e. The van der Waals surface area contributed by atoms with E-state index in [0.717, 1.165) is 25.3 Å². The van der Waals surface area contributed by atoms with Crippen molar-refractivity contribution in [1.82, 2.24) is 9.62 Å². The number of nitrogens with one attached hydrogen (secondary N) is 1. The predicted molar refractivity (Wildman–Crippen MR) is 79.7 cm³/mol. The lowest BCUT2D eigenvalue weighted by atomic mass is 10.2. The molecule has 0 atom stereocenters. The van der Waals surface area contributed by atoms with Crippen LogP contribution < -0.4 is 5.32 Å². The van der Waals surface area contributed by atoms with Crippen molar-refractivity contribution in [2.24, 2.45) is 0 Å². The van der Waals surface area contributed by atoms with Crippen molar-refractivity contribution in [3.63, 3.8) is 0 Å². The fourth-order valence-corrected chi connectivity index (χ4v) is 4.99. The summed E-state index contributed by atoms with van der Waals surface area (Å²) in [5.74, 6) is 1.17. The van der Waals surface area contributed by atoms with Crippen LogP contribution in [0.15, 0.2) is 0 Å². The Morgan fingerprint density at radius 1 is 1.33 bits per heavy atom. The molecule has 4 nitrogen and oxygen atoms in total. The molecule has 1 aliphatic heterocycles. The number of hydrogen-bond donors (Lipinski definition) is 1. The summed E-state index contributed by atoms with van der Waals surface area (Å²) in [5.41, 5.74) is 0. The summed E-state index contributed by atoms with van der Waals surface area (Å²) in [5, 5.41) is 3.24. The van der Waals surface area contributed by atoms with E-state index in [-0.39, 0.29) is 10.5 Å². The summed E-state index contributed by atoms with van der Waals surface area (Å²) in [6.07, 6.45) is 1.79. The van der Waals surface area contributed by atoms with Crippen molar-refractivity contribution in [2.75, 3.05) is 37.7 Å². The summed E-state index contributed by atoms with van der Waals surface area (Å²) >= 11 is 1.86. The van der Waals surface area contributed by atoms with Crippen LogP contribution in [0.1, 0.15) is 33.6 Å². The lowest BCUT2D eigenvalue weighted by Gasteiger charge is -2.36. The topological polar surface area (TPSA) is 49.4 Å². The van der Waals surface area contributed by atoms with Crippen molar-refractivity contribution in [2.45, 2.75) is 38.4 Å². The van der Waals surface area contributed by atoms with Gasteiger partial charge in [-0.2, -0.15) is 16.1 Å². The van der Waals surface area contributed by atoms with Gasteiger partial charge < -0.3 is 5.32 Å². The zero-order chi connectivity index (χ0) is 13.6. The lowest BCUT2D eigenvalue weighted by molar-refractivity contribution is 0.387. The third kappa shape index (κ3) is 5.47. The van der Waals surface area contributed by atoms with E-state index in [1.165, 1.54) is 0 Å². The maximum atomic E-state index is 12.2. The van der Waals surface area contributed by atoms with Gasteiger partial charge in [-0.15, -0.1) is 0 Å². The van der Waals surface area contributed by atoms with Crippen molar-refractivity contribution in [1.29, 1.82) is 0 Å². The molecule has 18 heavy (non-hydrogen) atoms. The van der Waals surface area contributed by atoms with Gasteiger partial charge in [-0.1, -0.05) is 6.92 Å². The van der Waals surface area contributed by atoms with Crippen LogP contribution in [0.3, 0.4) is 0 Å². The van der Waals surface area contributed by atoms with Gasteiger partial charge in [-0.3, -0.25) is 0 Å². The Morgan fingerprint density at radius 2 is 2.06 bits per heavy atom. The van der Waals surface area contributed by atoms with Crippen molar-refractivity contribution >= 4 is 21.8 Å². The molecule has 1 N–H and O–H groups in total. The van der Waals surface area contributed by atoms with Gasteiger partial charge in [-0.25, -0.2) is 8.42 Å². The molecule has 1 aliphatic rings. The molecule has 0 bridgehead atoms. The molecule has 108 valence electrons. The zero-order valence-electron chi connectivity index (χ0n) is 11.7. The summed E-state index contributed by atoms with van der Waals surface area (Å²) in [6.45, 7) is 9.40. The molecular weight excluding hydrogens is 268 g/mol. The van der Waals surface area contributed by atoms with Gasteiger partial charge in [0.25, 0.3) is 0 Å². The van der Waals surface area contributed by atoms with Crippen LogP contribution in [0.2, 0.25) is 0 Å². The Labute approximate surface area is 116 Å². The standard InChI is InChI=1S/C12H26N2O2S2/c1-4-6-13-7-5-10-18(15,16)14-8-9-17-12(2,3)11-14/h13H,4-11H2,1-3H3. The Balaban J connectivity index is 2.38. The molecule has 0 aromatic carbocycles. The Hall–Kier alpha value is 0.220. The van der Waals surface area contributed by atoms with Gasteiger partial charge in [-0.05, 0) is 39.8 Å².